The van der Waals surface area contributed by atoms with Crippen LogP contribution < -0.4 is 10.1 Å². The summed E-state index contributed by atoms with van der Waals surface area (Å²) in [6.07, 6.45) is 4.65. The number of hydrogen-bond acceptors (Lipinski definition) is 3. The summed E-state index contributed by atoms with van der Waals surface area (Å²) in [6, 6.07) is 24.8. The summed E-state index contributed by atoms with van der Waals surface area (Å²) < 4.78 is 7.86. The lowest BCUT2D eigenvalue weighted by Crippen LogP contribution is -2.53. The molecule has 0 heterocycles. The van der Waals surface area contributed by atoms with Crippen LogP contribution in [0.15, 0.2) is 83.3 Å². The van der Waals surface area contributed by atoms with Crippen LogP contribution >= 0.6 is 38.5 Å². The van der Waals surface area contributed by atoms with Crippen molar-refractivity contribution in [2.45, 2.75) is 50.7 Å². The van der Waals surface area contributed by atoms with Crippen molar-refractivity contribution in [3.05, 3.63) is 98.0 Å². The smallest absolute Gasteiger partial charge is 0.261 e. The Bertz CT molecular complexity index is 1150. The van der Waals surface area contributed by atoms with E-state index < -0.39 is 6.04 Å². The Balaban J connectivity index is 1.60. The summed E-state index contributed by atoms with van der Waals surface area (Å²) in [5, 5.41) is 3.23. The molecule has 4 rings (SSSR count). The Morgan fingerprint density at radius 1 is 0.972 bits per heavy atom. The van der Waals surface area contributed by atoms with E-state index >= 15 is 0 Å². The summed E-state index contributed by atoms with van der Waals surface area (Å²) in [6.45, 7) is 0.167. The molecule has 0 saturated heterocycles. The van der Waals surface area contributed by atoms with Gasteiger partial charge < -0.3 is 15.0 Å². The molecule has 0 aromatic heterocycles. The highest BCUT2D eigenvalue weighted by Gasteiger charge is 2.32. The van der Waals surface area contributed by atoms with Gasteiger partial charge in [-0.05, 0) is 83.0 Å². The summed E-state index contributed by atoms with van der Waals surface area (Å²) in [5.74, 6) is 0.292. The molecule has 1 saturated carbocycles. The lowest BCUT2D eigenvalue weighted by Gasteiger charge is -2.32. The summed E-state index contributed by atoms with van der Waals surface area (Å²) >= 11 is 5.76. The maximum absolute atomic E-state index is 13.7. The van der Waals surface area contributed by atoms with Gasteiger partial charge >= 0.3 is 0 Å². The maximum atomic E-state index is 13.7. The van der Waals surface area contributed by atoms with Crippen LogP contribution in [0.1, 0.15) is 36.8 Å². The van der Waals surface area contributed by atoms with Crippen LogP contribution in [0.5, 0.6) is 5.75 Å². The molecule has 1 fully saturated rings. The second-order valence-corrected chi connectivity index (χ2v) is 11.3. The zero-order chi connectivity index (χ0) is 25.3. The van der Waals surface area contributed by atoms with E-state index in [2.05, 4.69) is 43.8 Å². The zero-order valence-electron chi connectivity index (χ0n) is 20.0. The third-order valence-corrected chi connectivity index (χ3v) is 7.60. The molecule has 3 aromatic carbocycles. The SMILES string of the molecule is O=C(NC1CCCC1)C(Cc1ccccc1)N(Cc1cccc(Br)c1)C(=O)COc1ccc(I)cc1. The van der Waals surface area contributed by atoms with Crippen molar-refractivity contribution in [2.75, 3.05) is 6.61 Å². The van der Waals surface area contributed by atoms with Crippen LogP contribution in [0.25, 0.3) is 0 Å². The fourth-order valence-electron chi connectivity index (χ4n) is 4.51. The molecule has 0 radical (unpaired) electrons. The summed E-state index contributed by atoms with van der Waals surface area (Å²) in [4.78, 5) is 29.0. The Morgan fingerprint density at radius 3 is 2.36 bits per heavy atom. The molecule has 5 nitrogen and oxygen atoms in total. The van der Waals surface area contributed by atoms with E-state index in [1.807, 2.05) is 78.9 Å². The van der Waals surface area contributed by atoms with Crippen molar-refractivity contribution < 1.29 is 14.3 Å². The van der Waals surface area contributed by atoms with E-state index in [4.69, 9.17) is 4.74 Å². The number of carbonyl (C=O) groups is 2. The first-order chi connectivity index (χ1) is 17.5. The largest absolute Gasteiger partial charge is 0.484 e. The van der Waals surface area contributed by atoms with E-state index in [-0.39, 0.29) is 24.5 Å². The molecule has 2 amide bonds. The Kier molecular flexibility index (Phi) is 9.81. The molecule has 188 valence electrons. The lowest BCUT2D eigenvalue weighted by molar-refractivity contribution is -0.143. The lowest BCUT2D eigenvalue weighted by atomic mass is 10.0. The number of amides is 2. The molecule has 36 heavy (non-hydrogen) atoms. The molecular formula is C29H30BrIN2O3. The summed E-state index contributed by atoms with van der Waals surface area (Å²) in [5.41, 5.74) is 1.95. The van der Waals surface area contributed by atoms with Crippen LogP contribution in [0, 0.1) is 3.57 Å². The van der Waals surface area contributed by atoms with Gasteiger partial charge in [-0.3, -0.25) is 9.59 Å². The van der Waals surface area contributed by atoms with Gasteiger partial charge in [-0.2, -0.15) is 0 Å². The maximum Gasteiger partial charge on any atom is 0.261 e. The number of rotatable bonds is 10. The highest BCUT2D eigenvalue weighted by Crippen LogP contribution is 2.21. The standard InChI is InChI=1S/C29H30BrIN2O3/c30-23-10-6-9-22(17-23)19-33(28(34)20-36-26-15-13-24(31)14-16-26)27(18-21-7-2-1-3-8-21)29(35)32-25-11-4-5-12-25/h1-3,6-10,13-17,25,27H,4-5,11-12,18-20H2,(H,32,35). The molecule has 7 heteroatoms. The van der Waals surface area contributed by atoms with Crippen LogP contribution in [0.2, 0.25) is 0 Å². The third-order valence-electron chi connectivity index (χ3n) is 6.39. The van der Waals surface area contributed by atoms with Gasteiger partial charge in [0.25, 0.3) is 5.91 Å². The Hall–Kier alpha value is -2.39. The number of hydrogen-bond donors (Lipinski definition) is 1. The minimum absolute atomic E-state index is 0.108. The van der Waals surface area contributed by atoms with Gasteiger partial charge in [-0.25, -0.2) is 0 Å². The normalized spacial score (nSPS) is 14.3. The fourth-order valence-corrected chi connectivity index (χ4v) is 5.32. The second-order valence-electron chi connectivity index (χ2n) is 9.09. The number of ether oxygens (including phenoxy) is 1. The van der Waals surface area contributed by atoms with Crippen LogP contribution in [-0.4, -0.2) is 35.4 Å². The number of benzene rings is 3. The van der Waals surface area contributed by atoms with Gasteiger partial charge in [-0.1, -0.05) is 71.2 Å². The number of carbonyl (C=O) groups excluding carboxylic acids is 2. The average Bonchev–Trinajstić information content (AvgIpc) is 3.39. The van der Waals surface area contributed by atoms with Crippen LogP contribution in [0.3, 0.4) is 0 Å². The first-order valence-corrected chi connectivity index (χ1v) is 14.1. The topological polar surface area (TPSA) is 58.6 Å². The van der Waals surface area contributed by atoms with Gasteiger partial charge in [0.1, 0.15) is 11.8 Å². The number of nitrogens with zero attached hydrogens (tertiary/aromatic N) is 1. The first kappa shape index (κ1) is 26.7. The quantitative estimate of drug-likeness (QED) is 0.266. The van der Waals surface area contributed by atoms with Gasteiger partial charge in [0, 0.05) is 27.1 Å². The first-order valence-electron chi connectivity index (χ1n) is 12.2. The van der Waals surface area contributed by atoms with E-state index in [1.165, 1.54) is 0 Å². The average molecular weight is 661 g/mol. The van der Waals surface area contributed by atoms with Crippen molar-refractivity contribution in [3.8, 4) is 5.75 Å². The highest BCUT2D eigenvalue weighted by atomic mass is 127. The predicted octanol–water partition coefficient (Wildman–Crippen LogP) is 6.13. The molecule has 0 bridgehead atoms. The molecule has 1 aliphatic carbocycles. The van der Waals surface area contributed by atoms with E-state index in [0.717, 1.165) is 44.9 Å². The van der Waals surface area contributed by atoms with E-state index in [9.17, 15) is 9.59 Å². The van der Waals surface area contributed by atoms with E-state index in [1.54, 1.807) is 4.90 Å². The number of halogens is 2. The minimum Gasteiger partial charge on any atom is -0.484 e. The van der Waals surface area contributed by atoms with Crippen molar-refractivity contribution in [1.29, 1.82) is 0 Å². The molecule has 1 N–H and O–H groups in total. The Morgan fingerprint density at radius 2 is 1.67 bits per heavy atom. The molecule has 0 aliphatic heterocycles. The predicted molar refractivity (Wildman–Crippen MR) is 154 cm³/mol. The Labute approximate surface area is 234 Å². The van der Waals surface area contributed by atoms with Crippen molar-refractivity contribution in [1.82, 2.24) is 10.2 Å². The monoisotopic (exact) mass is 660 g/mol. The van der Waals surface area contributed by atoms with Crippen molar-refractivity contribution in [2.24, 2.45) is 0 Å². The molecule has 0 spiro atoms. The van der Waals surface area contributed by atoms with Gasteiger partial charge in [0.05, 0.1) is 0 Å². The number of nitrogens with one attached hydrogen (secondary N) is 1. The van der Waals surface area contributed by atoms with Gasteiger partial charge in [0.15, 0.2) is 6.61 Å². The fraction of sp³-hybridized carbons (Fsp3) is 0.310. The van der Waals surface area contributed by atoms with Crippen molar-refractivity contribution in [3.63, 3.8) is 0 Å². The highest BCUT2D eigenvalue weighted by molar-refractivity contribution is 14.1. The molecular weight excluding hydrogens is 631 g/mol. The molecule has 1 unspecified atom stereocenters. The van der Waals surface area contributed by atoms with Crippen LogP contribution in [0.4, 0.5) is 0 Å². The third kappa shape index (κ3) is 7.80. The summed E-state index contributed by atoms with van der Waals surface area (Å²) in [7, 11) is 0. The molecule has 1 atom stereocenters. The molecule has 1 aliphatic rings. The van der Waals surface area contributed by atoms with E-state index in [0.29, 0.717) is 18.7 Å². The zero-order valence-corrected chi connectivity index (χ0v) is 23.8. The van der Waals surface area contributed by atoms with Crippen LogP contribution in [-0.2, 0) is 22.6 Å². The molecule has 3 aromatic rings. The van der Waals surface area contributed by atoms with Gasteiger partial charge in [-0.15, -0.1) is 0 Å². The minimum atomic E-state index is -0.653. The second kappa shape index (κ2) is 13.2. The van der Waals surface area contributed by atoms with Crippen molar-refractivity contribution >= 4 is 50.3 Å². The van der Waals surface area contributed by atoms with Gasteiger partial charge in [0.2, 0.25) is 5.91 Å².